The van der Waals surface area contributed by atoms with Crippen molar-refractivity contribution < 1.29 is 23.1 Å². The van der Waals surface area contributed by atoms with Gasteiger partial charge >= 0.3 is 12.0 Å². The Hall–Kier alpha value is -3.14. The molecule has 0 aliphatic heterocycles. The van der Waals surface area contributed by atoms with Crippen molar-refractivity contribution in [2.24, 2.45) is 0 Å². The summed E-state index contributed by atoms with van der Waals surface area (Å²) in [6.07, 6.45) is 1.88. The summed E-state index contributed by atoms with van der Waals surface area (Å²) in [5.41, 5.74) is 3.63. The van der Waals surface area contributed by atoms with Gasteiger partial charge < -0.3 is 15.7 Å². The number of sulfonamides is 1. The predicted octanol–water partition coefficient (Wildman–Crippen LogP) is 4.87. The van der Waals surface area contributed by atoms with Gasteiger partial charge in [-0.2, -0.15) is 0 Å². The molecule has 37 heavy (non-hydrogen) atoms. The van der Waals surface area contributed by atoms with E-state index in [-0.39, 0.29) is 29.0 Å². The van der Waals surface area contributed by atoms with Crippen LogP contribution in [0.4, 0.5) is 4.79 Å². The summed E-state index contributed by atoms with van der Waals surface area (Å²) < 4.78 is 27.4. The molecule has 0 radical (unpaired) electrons. The number of carbonyl (C=O) groups is 2. The second-order valence-electron chi connectivity index (χ2n) is 8.83. The third-order valence-electron chi connectivity index (χ3n) is 6.12. The lowest BCUT2D eigenvalue weighted by atomic mass is 10.0. The number of hydrogen-bond donors (Lipinski definition) is 4. The number of aromatic carboxylic acids is 1. The Morgan fingerprint density at radius 3 is 2.30 bits per heavy atom. The van der Waals surface area contributed by atoms with E-state index >= 15 is 0 Å². The summed E-state index contributed by atoms with van der Waals surface area (Å²) in [5.74, 6) is -0.963. The molecule has 0 bridgehead atoms. The standard InChI is InChI=1S/C27H32ClN3O5S/c1-3-29-27(34)30-17-18(2)19-7-13-23-20(16-25(26(32)33)24(23)14-8-19)6-4-5-15-31-37(35,36)22-11-9-21(28)10-12-22/h7-14,16,18,31H,3-6,15,17H2,1-2H3,(H,32,33)(H2,29,30,34). The number of hydrogen-bond acceptors (Lipinski definition) is 4. The second-order valence-corrected chi connectivity index (χ2v) is 11.0. The van der Waals surface area contributed by atoms with Crippen molar-refractivity contribution in [3.05, 3.63) is 76.3 Å². The third kappa shape index (κ3) is 7.67. The van der Waals surface area contributed by atoms with Gasteiger partial charge in [0.05, 0.1) is 10.5 Å². The Labute approximate surface area is 222 Å². The Morgan fingerprint density at radius 2 is 1.65 bits per heavy atom. The van der Waals surface area contributed by atoms with Crippen LogP contribution in [0, 0.1) is 0 Å². The van der Waals surface area contributed by atoms with Crippen LogP contribution >= 0.6 is 11.6 Å². The number of carboxylic acids is 1. The van der Waals surface area contributed by atoms with E-state index in [2.05, 4.69) is 15.4 Å². The van der Waals surface area contributed by atoms with E-state index in [1.54, 1.807) is 6.07 Å². The van der Waals surface area contributed by atoms with Crippen molar-refractivity contribution >= 4 is 33.6 Å². The zero-order chi connectivity index (χ0) is 27.0. The van der Waals surface area contributed by atoms with E-state index in [4.69, 9.17) is 11.6 Å². The lowest BCUT2D eigenvalue weighted by molar-refractivity contribution is 0.0698. The number of amides is 2. The summed E-state index contributed by atoms with van der Waals surface area (Å²) in [5, 5.41) is 15.7. The highest BCUT2D eigenvalue weighted by molar-refractivity contribution is 7.89. The van der Waals surface area contributed by atoms with Crippen LogP contribution < -0.4 is 15.4 Å². The van der Waals surface area contributed by atoms with Crippen LogP contribution in [0.5, 0.6) is 0 Å². The molecule has 0 spiro atoms. The summed E-state index contributed by atoms with van der Waals surface area (Å²) in [4.78, 5) is 23.8. The molecule has 2 aliphatic carbocycles. The van der Waals surface area contributed by atoms with Crippen LogP contribution in [0.1, 0.15) is 54.1 Å². The Bertz CT molecular complexity index is 1310. The van der Waals surface area contributed by atoms with Crippen LogP contribution in [-0.4, -0.2) is 45.2 Å². The molecule has 1 aromatic carbocycles. The number of unbranched alkanes of at least 4 members (excludes halogenated alkanes) is 1. The molecule has 10 heteroatoms. The number of carbonyl (C=O) groups excluding carboxylic acids is 1. The van der Waals surface area contributed by atoms with Gasteiger partial charge in [-0.15, -0.1) is 0 Å². The molecule has 1 aromatic rings. The van der Waals surface area contributed by atoms with E-state index in [0.29, 0.717) is 42.9 Å². The van der Waals surface area contributed by atoms with Crippen molar-refractivity contribution in [2.45, 2.75) is 43.9 Å². The van der Waals surface area contributed by atoms with Gasteiger partial charge in [0.25, 0.3) is 0 Å². The van der Waals surface area contributed by atoms with E-state index < -0.39 is 16.0 Å². The quantitative estimate of drug-likeness (QED) is 0.242. The number of benzene rings is 1. The molecular formula is C27H32ClN3O5S. The number of urea groups is 1. The van der Waals surface area contributed by atoms with Gasteiger partial charge in [-0.05, 0) is 84.7 Å². The molecule has 0 fully saturated rings. The molecule has 198 valence electrons. The van der Waals surface area contributed by atoms with Crippen LogP contribution in [-0.2, 0) is 16.4 Å². The van der Waals surface area contributed by atoms with Crippen molar-refractivity contribution in [3.63, 3.8) is 0 Å². The first-order valence-corrected chi connectivity index (χ1v) is 14.0. The zero-order valence-corrected chi connectivity index (χ0v) is 22.5. The molecule has 8 nitrogen and oxygen atoms in total. The third-order valence-corrected chi connectivity index (χ3v) is 7.85. The van der Waals surface area contributed by atoms with Gasteiger partial charge in [-0.25, -0.2) is 22.7 Å². The minimum atomic E-state index is -3.62. The Balaban J connectivity index is 1.65. The molecule has 3 rings (SSSR count). The Kier molecular flexibility index (Phi) is 9.91. The van der Waals surface area contributed by atoms with Crippen molar-refractivity contribution in [2.75, 3.05) is 19.6 Å². The highest BCUT2D eigenvalue weighted by Crippen LogP contribution is 2.34. The molecule has 2 amide bonds. The van der Waals surface area contributed by atoms with E-state index in [1.165, 1.54) is 24.3 Å². The van der Waals surface area contributed by atoms with E-state index in [0.717, 1.165) is 16.7 Å². The molecule has 0 saturated carbocycles. The van der Waals surface area contributed by atoms with Gasteiger partial charge in [0.2, 0.25) is 10.0 Å². The fourth-order valence-corrected chi connectivity index (χ4v) is 5.28. The molecule has 0 aromatic heterocycles. The molecule has 2 aliphatic rings. The molecule has 1 atom stereocenters. The maximum Gasteiger partial charge on any atom is 0.336 e. The van der Waals surface area contributed by atoms with E-state index in [1.807, 2.05) is 38.1 Å². The summed E-state index contributed by atoms with van der Waals surface area (Å²) in [7, 11) is -3.62. The highest BCUT2D eigenvalue weighted by atomic mass is 35.5. The van der Waals surface area contributed by atoms with Crippen molar-refractivity contribution in [1.82, 2.24) is 15.4 Å². The van der Waals surface area contributed by atoms with Gasteiger partial charge in [-0.3, -0.25) is 0 Å². The van der Waals surface area contributed by atoms with Crippen LogP contribution in [0.2, 0.25) is 5.02 Å². The lowest BCUT2D eigenvalue weighted by Crippen LogP contribution is -2.37. The summed E-state index contributed by atoms with van der Waals surface area (Å²) >= 11 is 5.83. The predicted molar refractivity (Wildman–Crippen MR) is 145 cm³/mol. The maximum absolute atomic E-state index is 12.4. The highest BCUT2D eigenvalue weighted by Gasteiger charge is 2.20. The van der Waals surface area contributed by atoms with Gasteiger partial charge in [0.1, 0.15) is 0 Å². The van der Waals surface area contributed by atoms with Gasteiger partial charge in [0.15, 0.2) is 0 Å². The zero-order valence-electron chi connectivity index (χ0n) is 20.9. The fraction of sp³-hybridized carbons (Fsp3) is 0.333. The largest absolute Gasteiger partial charge is 0.478 e. The average molecular weight is 546 g/mol. The minimum absolute atomic E-state index is 0.0319. The van der Waals surface area contributed by atoms with Crippen molar-refractivity contribution in [3.8, 4) is 11.1 Å². The van der Waals surface area contributed by atoms with E-state index in [9.17, 15) is 23.1 Å². The Morgan fingerprint density at radius 1 is 0.973 bits per heavy atom. The molecule has 4 N–H and O–H groups in total. The summed E-state index contributed by atoms with van der Waals surface area (Å²) in [6.45, 7) is 5.11. The fourth-order valence-electron chi connectivity index (χ4n) is 4.08. The normalized spacial score (nSPS) is 12.3. The molecular weight excluding hydrogens is 514 g/mol. The van der Waals surface area contributed by atoms with Crippen LogP contribution in [0.25, 0.3) is 11.1 Å². The number of nitrogens with one attached hydrogen (secondary N) is 3. The molecule has 0 heterocycles. The number of carboxylic acid groups (broad SMARTS) is 1. The van der Waals surface area contributed by atoms with Crippen LogP contribution in [0.15, 0.2) is 59.5 Å². The lowest BCUT2D eigenvalue weighted by Gasteiger charge is -2.12. The van der Waals surface area contributed by atoms with Gasteiger partial charge in [-0.1, -0.05) is 42.8 Å². The number of fused-ring (bicyclic) bond motifs is 1. The summed E-state index contributed by atoms with van der Waals surface area (Å²) in [6, 6.07) is 15.1. The van der Waals surface area contributed by atoms with Gasteiger partial charge in [0, 0.05) is 24.7 Å². The minimum Gasteiger partial charge on any atom is -0.478 e. The SMILES string of the molecule is CCNC(=O)NCC(C)c1ccc2c(CCCCNS(=O)(=O)c3ccc(Cl)cc3)cc(C(=O)O)c-2cc1. The number of rotatable bonds is 12. The average Bonchev–Trinajstić information content (AvgIpc) is 3.05. The second kappa shape index (κ2) is 12.9. The number of aryl methyl sites for hydroxylation is 1. The molecule has 1 unspecified atom stereocenters. The first kappa shape index (κ1) is 28.4. The topological polar surface area (TPSA) is 125 Å². The number of halogens is 1. The monoisotopic (exact) mass is 545 g/mol. The van der Waals surface area contributed by atoms with Crippen molar-refractivity contribution in [1.29, 1.82) is 0 Å². The first-order valence-electron chi connectivity index (χ1n) is 12.2. The maximum atomic E-state index is 12.4. The van der Waals surface area contributed by atoms with Crippen LogP contribution in [0.3, 0.4) is 0 Å². The smallest absolute Gasteiger partial charge is 0.336 e. The first-order chi connectivity index (χ1) is 17.6. The molecule has 0 saturated heterocycles.